The SMILES string of the molecule is CCC(C)C1CN(c2c(F)cccc2Cl)CCCN1. The van der Waals surface area contributed by atoms with Crippen LogP contribution in [0.25, 0.3) is 0 Å². The van der Waals surface area contributed by atoms with Gasteiger partial charge in [0.05, 0.1) is 10.7 Å². The topological polar surface area (TPSA) is 15.3 Å². The van der Waals surface area contributed by atoms with Gasteiger partial charge in [0.25, 0.3) is 0 Å². The summed E-state index contributed by atoms with van der Waals surface area (Å²) < 4.78 is 14.0. The van der Waals surface area contributed by atoms with Gasteiger partial charge in [0.15, 0.2) is 0 Å². The summed E-state index contributed by atoms with van der Waals surface area (Å²) in [4.78, 5) is 2.09. The number of halogens is 2. The number of hydrogen-bond acceptors (Lipinski definition) is 2. The zero-order valence-electron chi connectivity index (χ0n) is 11.6. The summed E-state index contributed by atoms with van der Waals surface area (Å²) in [5, 5.41) is 4.07. The number of nitrogens with one attached hydrogen (secondary N) is 1. The molecule has 0 radical (unpaired) electrons. The van der Waals surface area contributed by atoms with Crippen molar-refractivity contribution in [3.63, 3.8) is 0 Å². The standard InChI is InChI=1S/C15H22ClFN2/c1-3-11(2)14-10-19(9-5-8-18-14)15-12(16)6-4-7-13(15)17/h4,6-7,11,14,18H,3,5,8-10H2,1-2H3. The highest BCUT2D eigenvalue weighted by atomic mass is 35.5. The van der Waals surface area contributed by atoms with Crippen LogP contribution < -0.4 is 10.2 Å². The van der Waals surface area contributed by atoms with E-state index in [-0.39, 0.29) is 5.82 Å². The zero-order chi connectivity index (χ0) is 13.8. The van der Waals surface area contributed by atoms with Crippen molar-refractivity contribution in [3.05, 3.63) is 29.0 Å². The Morgan fingerprint density at radius 3 is 3.00 bits per heavy atom. The number of para-hydroxylation sites is 1. The second-order valence-electron chi connectivity index (χ2n) is 5.32. The molecule has 0 aliphatic carbocycles. The van der Waals surface area contributed by atoms with Crippen LogP contribution in [0.3, 0.4) is 0 Å². The highest BCUT2D eigenvalue weighted by Crippen LogP contribution is 2.30. The lowest BCUT2D eigenvalue weighted by Gasteiger charge is -2.30. The Balaban J connectivity index is 2.23. The van der Waals surface area contributed by atoms with Crippen molar-refractivity contribution in [3.8, 4) is 0 Å². The molecule has 106 valence electrons. The Labute approximate surface area is 119 Å². The first-order valence-electron chi connectivity index (χ1n) is 7.05. The normalized spacial score (nSPS) is 22.1. The van der Waals surface area contributed by atoms with Gasteiger partial charge in [0.2, 0.25) is 0 Å². The van der Waals surface area contributed by atoms with Crippen molar-refractivity contribution in [1.29, 1.82) is 0 Å². The molecule has 1 aromatic carbocycles. The van der Waals surface area contributed by atoms with Crippen molar-refractivity contribution in [1.82, 2.24) is 5.32 Å². The quantitative estimate of drug-likeness (QED) is 0.911. The van der Waals surface area contributed by atoms with E-state index in [2.05, 4.69) is 24.1 Å². The van der Waals surface area contributed by atoms with Gasteiger partial charge < -0.3 is 10.2 Å². The third-order valence-electron chi connectivity index (χ3n) is 4.01. The summed E-state index contributed by atoms with van der Waals surface area (Å²) in [6.45, 7) is 7.08. The molecular formula is C15H22ClFN2. The molecule has 0 spiro atoms. The summed E-state index contributed by atoms with van der Waals surface area (Å²) >= 11 is 6.18. The van der Waals surface area contributed by atoms with Gasteiger partial charge in [-0.05, 0) is 31.0 Å². The van der Waals surface area contributed by atoms with Crippen molar-refractivity contribution in [2.75, 3.05) is 24.5 Å². The molecule has 1 aromatic rings. The van der Waals surface area contributed by atoms with E-state index in [1.165, 1.54) is 6.07 Å². The fraction of sp³-hybridized carbons (Fsp3) is 0.600. The molecule has 0 aromatic heterocycles. The molecule has 1 aliphatic rings. The summed E-state index contributed by atoms with van der Waals surface area (Å²) in [5.74, 6) is 0.350. The molecule has 0 saturated carbocycles. The van der Waals surface area contributed by atoms with Crippen LogP contribution in [0.4, 0.5) is 10.1 Å². The minimum atomic E-state index is -0.225. The van der Waals surface area contributed by atoms with Gasteiger partial charge in [-0.15, -0.1) is 0 Å². The van der Waals surface area contributed by atoms with E-state index in [0.29, 0.717) is 22.7 Å². The number of anilines is 1. The number of benzene rings is 1. The second kappa shape index (κ2) is 6.58. The molecule has 2 unspecified atom stereocenters. The number of hydrogen-bond donors (Lipinski definition) is 1. The molecule has 2 nitrogen and oxygen atoms in total. The molecule has 1 aliphatic heterocycles. The largest absolute Gasteiger partial charge is 0.366 e. The predicted molar refractivity (Wildman–Crippen MR) is 79.5 cm³/mol. The first-order valence-corrected chi connectivity index (χ1v) is 7.43. The average Bonchev–Trinajstić information content (AvgIpc) is 2.64. The van der Waals surface area contributed by atoms with Gasteiger partial charge in [-0.3, -0.25) is 0 Å². The highest BCUT2D eigenvalue weighted by Gasteiger charge is 2.24. The smallest absolute Gasteiger partial charge is 0.148 e. The molecule has 2 atom stereocenters. The van der Waals surface area contributed by atoms with Crippen LogP contribution in [0, 0.1) is 11.7 Å². The molecule has 1 saturated heterocycles. The lowest BCUT2D eigenvalue weighted by molar-refractivity contribution is 0.383. The van der Waals surface area contributed by atoms with Crippen LogP contribution in [0.15, 0.2) is 18.2 Å². The fourth-order valence-electron chi connectivity index (χ4n) is 2.61. The predicted octanol–water partition coefficient (Wildman–Crippen LogP) is 3.69. The average molecular weight is 285 g/mol. The van der Waals surface area contributed by atoms with E-state index >= 15 is 0 Å². The van der Waals surface area contributed by atoms with Gasteiger partial charge in [0.1, 0.15) is 5.82 Å². The van der Waals surface area contributed by atoms with E-state index in [4.69, 9.17) is 11.6 Å². The maximum Gasteiger partial charge on any atom is 0.148 e. The maximum absolute atomic E-state index is 14.0. The van der Waals surface area contributed by atoms with Crippen LogP contribution >= 0.6 is 11.6 Å². The first-order chi connectivity index (χ1) is 9.13. The highest BCUT2D eigenvalue weighted by molar-refractivity contribution is 6.33. The molecular weight excluding hydrogens is 263 g/mol. The van der Waals surface area contributed by atoms with Crippen LogP contribution in [0.2, 0.25) is 5.02 Å². The Hall–Kier alpha value is -0.800. The van der Waals surface area contributed by atoms with E-state index < -0.39 is 0 Å². The second-order valence-corrected chi connectivity index (χ2v) is 5.72. The van der Waals surface area contributed by atoms with Crippen molar-refractivity contribution < 1.29 is 4.39 Å². The Kier molecular flexibility index (Phi) is 5.06. The summed E-state index contributed by atoms with van der Waals surface area (Å²) in [6.07, 6.45) is 2.13. The summed E-state index contributed by atoms with van der Waals surface area (Å²) in [6, 6.07) is 5.29. The minimum Gasteiger partial charge on any atom is -0.366 e. The minimum absolute atomic E-state index is 0.225. The molecule has 0 bridgehead atoms. The Morgan fingerprint density at radius 1 is 1.53 bits per heavy atom. The van der Waals surface area contributed by atoms with Gasteiger partial charge in [-0.1, -0.05) is 37.9 Å². The van der Waals surface area contributed by atoms with E-state index in [9.17, 15) is 4.39 Å². The zero-order valence-corrected chi connectivity index (χ0v) is 12.4. The maximum atomic E-state index is 14.0. The van der Waals surface area contributed by atoms with Crippen molar-refractivity contribution in [2.45, 2.75) is 32.7 Å². The van der Waals surface area contributed by atoms with Crippen LogP contribution in [-0.2, 0) is 0 Å². The Morgan fingerprint density at radius 2 is 2.32 bits per heavy atom. The van der Waals surface area contributed by atoms with E-state index in [1.807, 2.05) is 0 Å². The third-order valence-corrected chi connectivity index (χ3v) is 4.32. The first kappa shape index (κ1) is 14.6. The van der Waals surface area contributed by atoms with E-state index in [1.54, 1.807) is 12.1 Å². The molecule has 2 rings (SSSR count). The molecule has 4 heteroatoms. The fourth-order valence-corrected chi connectivity index (χ4v) is 2.89. The van der Waals surface area contributed by atoms with Crippen molar-refractivity contribution in [2.24, 2.45) is 5.92 Å². The van der Waals surface area contributed by atoms with Gasteiger partial charge in [-0.25, -0.2) is 4.39 Å². The van der Waals surface area contributed by atoms with E-state index in [0.717, 1.165) is 32.5 Å². The molecule has 19 heavy (non-hydrogen) atoms. The van der Waals surface area contributed by atoms with Crippen LogP contribution in [-0.4, -0.2) is 25.7 Å². The lowest BCUT2D eigenvalue weighted by atomic mass is 9.99. The summed E-state index contributed by atoms with van der Waals surface area (Å²) in [7, 11) is 0. The third kappa shape index (κ3) is 3.40. The summed E-state index contributed by atoms with van der Waals surface area (Å²) in [5.41, 5.74) is 0.557. The van der Waals surface area contributed by atoms with Crippen molar-refractivity contribution >= 4 is 17.3 Å². The molecule has 0 amide bonds. The monoisotopic (exact) mass is 284 g/mol. The van der Waals surface area contributed by atoms with Gasteiger partial charge in [0, 0.05) is 19.1 Å². The van der Waals surface area contributed by atoms with Crippen LogP contribution in [0.5, 0.6) is 0 Å². The van der Waals surface area contributed by atoms with Crippen LogP contribution in [0.1, 0.15) is 26.7 Å². The Bertz CT molecular complexity index is 404. The number of nitrogens with zero attached hydrogens (tertiary/aromatic N) is 1. The van der Waals surface area contributed by atoms with Gasteiger partial charge in [-0.2, -0.15) is 0 Å². The molecule has 1 N–H and O–H groups in total. The van der Waals surface area contributed by atoms with Gasteiger partial charge >= 0.3 is 0 Å². The molecule has 1 heterocycles. The molecule has 1 fully saturated rings. The lowest BCUT2D eigenvalue weighted by Crippen LogP contribution is -2.42. The number of rotatable bonds is 3.